The number of carbonyl (C=O) groups is 1. The summed E-state index contributed by atoms with van der Waals surface area (Å²) in [6, 6.07) is 0. The van der Waals surface area contributed by atoms with Crippen LogP contribution in [0.2, 0.25) is 0 Å². The van der Waals surface area contributed by atoms with Crippen LogP contribution >= 0.6 is 0 Å². The number of hydrogen-bond donors (Lipinski definition) is 3. The molecule has 3 aliphatic rings. The number of cyclic esters (lactones) is 1. The minimum absolute atomic E-state index is 0.0316. The number of ether oxygens (including phenoxy) is 2. The molecule has 0 radical (unpaired) electrons. The van der Waals surface area contributed by atoms with Crippen LogP contribution in [-0.4, -0.2) is 44.7 Å². The van der Waals surface area contributed by atoms with Gasteiger partial charge in [0.15, 0.2) is 0 Å². The van der Waals surface area contributed by atoms with E-state index in [1.807, 2.05) is 80.7 Å². The molecule has 0 aromatic carbocycles. The van der Waals surface area contributed by atoms with Crippen molar-refractivity contribution in [1.29, 1.82) is 0 Å². The van der Waals surface area contributed by atoms with Crippen LogP contribution in [0, 0.1) is 22.7 Å². The second-order valence-corrected chi connectivity index (χ2v) is 19.0. The number of aliphatic hydroxyl groups excluding tert-OH is 1. The van der Waals surface area contributed by atoms with E-state index < -0.39 is 28.7 Å². The van der Waals surface area contributed by atoms with Crippen molar-refractivity contribution in [2.75, 3.05) is 0 Å². The molecule has 6 heteroatoms. The summed E-state index contributed by atoms with van der Waals surface area (Å²) in [6.07, 6.45) is 51.9. The maximum atomic E-state index is 12.6. The van der Waals surface area contributed by atoms with Gasteiger partial charge in [0.1, 0.15) is 17.5 Å². The molecule has 3 rings (SSSR count). The Labute approximate surface area is 381 Å². The summed E-state index contributed by atoms with van der Waals surface area (Å²) >= 11 is 0. The Kier molecular flexibility index (Phi) is 21.9. The predicted molar refractivity (Wildman–Crippen MR) is 263 cm³/mol. The van der Waals surface area contributed by atoms with Crippen LogP contribution in [0.1, 0.15) is 146 Å². The first-order valence-electron chi connectivity index (χ1n) is 23.3. The smallest absolute Gasteiger partial charge is 0.343 e. The number of allylic oxidation sites excluding steroid dienone is 20. The summed E-state index contributed by atoms with van der Waals surface area (Å²) < 4.78 is 11.6. The molecule has 0 unspecified atom stereocenters. The van der Waals surface area contributed by atoms with Crippen LogP contribution in [0.4, 0.5) is 0 Å². The van der Waals surface area contributed by atoms with Crippen molar-refractivity contribution in [2.24, 2.45) is 10.8 Å². The van der Waals surface area contributed by atoms with E-state index >= 15 is 0 Å². The van der Waals surface area contributed by atoms with E-state index in [1.54, 1.807) is 32.3 Å². The van der Waals surface area contributed by atoms with E-state index in [4.69, 9.17) is 9.47 Å². The molecule has 0 aromatic heterocycles. The van der Waals surface area contributed by atoms with Gasteiger partial charge in [-0.05, 0) is 94.9 Å². The van der Waals surface area contributed by atoms with Crippen LogP contribution in [0.5, 0.6) is 0 Å². The number of carbonyl (C=O) groups excluding carboxylic acids is 1. The van der Waals surface area contributed by atoms with Gasteiger partial charge in [0.2, 0.25) is 0 Å². The number of hydrogen-bond acceptors (Lipinski definition) is 6. The van der Waals surface area contributed by atoms with Crippen molar-refractivity contribution < 1.29 is 29.6 Å². The Morgan fingerprint density at radius 1 is 0.810 bits per heavy atom. The molecule has 6 nitrogen and oxygen atoms in total. The first-order valence-corrected chi connectivity index (χ1v) is 23.3. The molecule has 63 heavy (non-hydrogen) atoms. The predicted octanol–water partition coefficient (Wildman–Crippen LogP) is 13.4. The lowest BCUT2D eigenvalue weighted by Gasteiger charge is -2.54. The summed E-state index contributed by atoms with van der Waals surface area (Å²) in [6.45, 7) is 17.9. The highest BCUT2D eigenvalue weighted by Crippen LogP contribution is 2.50. The van der Waals surface area contributed by atoms with Crippen molar-refractivity contribution >= 4 is 5.97 Å². The van der Waals surface area contributed by atoms with Crippen molar-refractivity contribution in [2.45, 2.75) is 169 Å². The highest BCUT2D eigenvalue weighted by atomic mass is 16.5. The molecule has 1 aliphatic heterocycles. The lowest BCUT2D eigenvalue weighted by Crippen LogP contribution is -2.65. The van der Waals surface area contributed by atoms with Gasteiger partial charge in [-0.2, -0.15) is 0 Å². The lowest BCUT2D eigenvalue weighted by atomic mass is 9.57. The highest BCUT2D eigenvalue weighted by Gasteiger charge is 2.58. The third kappa shape index (κ3) is 17.8. The van der Waals surface area contributed by atoms with Crippen molar-refractivity contribution in [3.05, 3.63) is 155 Å². The van der Waals surface area contributed by atoms with E-state index in [2.05, 4.69) is 63.8 Å². The molecule has 0 amide bonds. The molecule has 2 aliphatic carbocycles. The van der Waals surface area contributed by atoms with Crippen LogP contribution in [0.25, 0.3) is 0 Å². The summed E-state index contributed by atoms with van der Waals surface area (Å²) in [4.78, 5) is 12.6. The zero-order valence-electron chi connectivity index (χ0n) is 40.0. The Balaban J connectivity index is 1.43. The van der Waals surface area contributed by atoms with Gasteiger partial charge < -0.3 is 24.8 Å². The molecule has 0 aromatic rings. The van der Waals surface area contributed by atoms with Crippen LogP contribution in [-0.2, 0) is 14.3 Å². The van der Waals surface area contributed by atoms with Gasteiger partial charge in [-0.1, -0.05) is 182 Å². The van der Waals surface area contributed by atoms with E-state index in [-0.39, 0.29) is 23.5 Å². The maximum Gasteiger partial charge on any atom is 0.343 e. The Morgan fingerprint density at radius 3 is 2.06 bits per heavy atom. The first kappa shape index (κ1) is 52.7. The SMILES string of the molecule is CCCCCCCCCC/C=C/C=C/C=C/C=C/C=C/O[C@@H]1CC(C)=C(C#C/C(C)=C/C=C/C=C/C=C(C)/C=C2C=C(/C=C/[C@@]3(O)C(C)(C)C[C@H](O)C[C@@]3(C)O)C(=O)O/2)C(C)(C)C1. The van der Waals surface area contributed by atoms with Crippen LogP contribution < -0.4 is 0 Å². The molecule has 0 spiro atoms. The minimum atomic E-state index is -1.65. The van der Waals surface area contributed by atoms with Gasteiger partial charge >= 0.3 is 5.97 Å². The third-order valence-corrected chi connectivity index (χ3v) is 12.1. The number of rotatable bonds is 21. The second-order valence-electron chi connectivity index (χ2n) is 19.0. The Morgan fingerprint density at radius 2 is 1.41 bits per heavy atom. The average Bonchev–Trinajstić information content (AvgIpc) is 3.55. The zero-order valence-corrected chi connectivity index (χ0v) is 40.0. The molecule has 3 N–H and O–H groups in total. The number of unbranched alkanes of at least 4 members (excludes halogenated alkanes) is 8. The van der Waals surface area contributed by atoms with Crippen molar-refractivity contribution in [1.82, 2.24) is 0 Å². The summed E-state index contributed by atoms with van der Waals surface area (Å²) in [5.74, 6) is 6.67. The van der Waals surface area contributed by atoms with Crippen LogP contribution in [0.15, 0.2) is 155 Å². The normalized spacial score (nSPS) is 26.6. The van der Waals surface area contributed by atoms with Crippen LogP contribution in [0.3, 0.4) is 0 Å². The van der Waals surface area contributed by atoms with Gasteiger partial charge in [-0.15, -0.1) is 0 Å². The van der Waals surface area contributed by atoms with E-state index in [9.17, 15) is 20.1 Å². The van der Waals surface area contributed by atoms with E-state index in [0.717, 1.165) is 30.4 Å². The molecular weight excluding hydrogens is 781 g/mol. The lowest BCUT2D eigenvalue weighted by molar-refractivity contribution is -0.216. The van der Waals surface area contributed by atoms with E-state index in [0.29, 0.717) is 12.2 Å². The molecule has 0 saturated heterocycles. The molecule has 0 bridgehead atoms. The largest absolute Gasteiger partial charge is 0.498 e. The molecule has 1 saturated carbocycles. The molecular formula is C57H78O6. The van der Waals surface area contributed by atoms with Gasteiger partial charge in [0, 0.05) is 29.2 Å². The Hall–Kier alpha value is -4.67. The number of aliphatic hydroxyl groups is 3. The molecule has 1 fully saturated rings. The van der Waals surface area contributed by atoms with E-state index in [1.165, 1.54) is 81.6 Å². The van der Waals surface area contributed by atoms with Gasteiger partial charge in [-0.3, -0.25) is 0 Å². The zero-order chi connectivity index (χ0) is 46.4. The second kappa shape index (κ2) is 26.2. The van der Waals surface area contributed by atoms with Crippen molar-refractivity contribution in [3.8, 4) is 11.8 Å². The quantitative estimate of drug-likeness (QED) is 0.0350. The summed E-state index contributed by atoms with van der Waals surface area (Å²) in [5.41, 5.74) is 0.432. The first-order chi connectivity index (χ1) is 29.9. The fraction of sp³-hybridized carbons (Fsp3) is 0.491. The monoisotopic (exact) mass is 859 g/mol. The maximum absolute atomic E-state index is 12.6. The minimum Gasteiger partial charge on any atom is -0.498 e. The molecule has 1 heterocycles. The van der Waals surface area contributed by atoms with Crippen molar-refractivity contribution in [3.63, 3.8) is 0 Å². The van der Waals surface area contributed by atoms with Gasteiger partial charge in [0.25, 0.3) is 0 Å². The third-order valence-electron chi connectivity index (χ3n) is 12.1. The number of esters is 1. The average molecular weight is 859 g/mol. The summed E-state index contributed by atoms with van der Waals surface area (Å²) in [7, 11) is 0. The fourth-order valence-corrected chi connectivity index (χ4v) is 8.68. The molecule has 342 valence electrons. The molecule has 4 atom stereocenters. The summed E-state index contributed by atoms with van der Waals surface area (Å²) in [5, 5.41) is 32.7. The standard InChI is InChI=1S/C57H78O6/c1-10-11-12-13-14-15-16-17-18-19-20-21-22-23-24-25-28-31-38-62-51-40-47(4)52(54(5,6)44-51)35-34-45(2)32-29-26-27-30-33-46(3)39-50-41-48(53(59)63-50)36-37-57(61)55(7,8)42-49(58)43-56(57,9)60/h19-33,36-39,41,49,51,58,60-61H,10-18,40,42-44H2,1-9H3/b20-19+,22-21+,24-23+,28-25+,29-26+,30-27+,37-36+,38-31+,45-32+,46-33+,50-39-/t49-,51+,56+,57+/m0/s1. The fourth-order valence-electron chi connectivity index (χ4n) is 8.68. The van der Waals surface area contributed by atoms with Gasteiger partial charge in [0.05, 0.1) is 23.5 Å². The topological polar surface area (TPSA) is 96.2 Å². The van der Waals surface area contributed by atoms with Gasteiger partial charge in [-0.25, -0.2) is 4.79 Å². The highest BCUT2D eigenvalue weighted by molar-refractivity contribution is 5.95. The Bertz CT molecular complexity index is 1960.